The number of rotatable bonds is 5. The van der Waals surface area contributed by atoms with E-state index in [-0.39, 0.29) is 5.91 Å². The maximum Gasteiger partial charge on any atom is 0.238 e. The number of fused-ring (bicyclic) bond motifs is 3. The molecular weight excluding hydrogens is 522 g/mol. The van der Waals surface area contributed by atoms with Gasteiger partial charge in [0.25, 0.3) is 0 Å². The summed E-state index contributed by atoms with van der Waals surface area (Å²) in [5, 5.41) is 6.02. The van der Waals surface area contributed by atoms with Gasteiger partial charge in [-0.15, -0.1) is 0 Å². The lowest BCUT2D eigenvalue weighted by Crippen LogP contribution is -2.47. The van der Waals surface area contributed by atoms with E-state index in [2.05, 4.69) is 49.8 Å². The maximum atomic E-state index is 13.0. The van der Waals surface area contributed by atoms with Crippen LogP contribution in [0, 0.1) is 0 Å². The standard InChI is InChI=1S/C28H24ClN5OS2/c29-21-16-22-20(25(28(35)30-22)26-18-5-1-3-7-23(18)36-31-26)15-17(21)9-10-33-11-13-34(14-12-33)27-19-6-2-4-8-24(19)37-32-27/h1-8,15-16,25H,9-14H2,(H,30,35)/t25-/m0/s1. The van der Waals surface area contributed by atoms with Gasteiger partial charge in [0.2, 0.25) is 5.91 Å². The number of carbonyl (C=O) groups is 1. The molecule has 9 heteroatoms. The van der Waals surface area contributed by atoms with E-state index in [0.29, 0.717) is 5.02 Å². The summed E-state index contributed by atoms with van der Waals surface area (Å²) >= 11 is 9.71. The molecule has 2 aliphatic rings. The smallest absolute Gasteiger partial charge is 0.238 e. The maximum absolute atomic E-state index is 13.0. The predicted molar refractivity (Wildman–Crippen MR) is 154 cm³/mol. The Labute approximate surface area is 227 Å². The van der Waals surface area contributed by atoms with Gasteiger partial charge in [0.05, 0.1) is 15.1 Å². The zero-order valence-corrected chi connectivity index (χ0v) is 22.4. The first-order valence-corrected chi connectivity index (χ1v) is 14.4. The van der Waals surface area contributed by atoms with Crippen molar-refractivity contribution in [1.29, 1.82) is 0 Å². The van der Waals surface area contributed by atoms with Crippen LogP contribution < -0.4 is 10.2 Å². The highest BCUT2D eigenvalue weighted by Gasteiger charge is 2.35. The number of aromatic nitrogens is 2. The van der Waals surface area contributed by atoms with Gasteiger partial charge in [-0.3, -0.25) is 9.69 Å². The van der Waals surface area contributed by atoms with E-state index in [1.54, 1.807) is 11.5 Å². The third-order valence-electron chi connectivity index (χ3n) is 7.46. The minimum Gasteiger partial charge on any atom is -0.353 e. The molecule has 0 unspecified atom stereocenters. The van der Waals surface area contributed by atoms with E-state index in [1.165, 1.54) is 21.6 Å². The van der Waals surface area contributed by atoms with Crippen LogP contribution in [0.1, 0.15) is 22.7 Å². The Kier molecular flexibility index (Phi) is 5.85. The molecule has 2 aliphatic heterocycles. The molecule has 0 saturated carbocycles. The van der Waals surface area contributed by atoms with Gasteiger partial charge in [-0.05, 0) is 64.9 Å². The van der Waals surface area contributed by atoms with Crippen molar-refractivity contribution in [3.8, 4) is 0 Å². The van der Waals surface area contributed by atoms with Crippen molar-refractivity contribution < 1.29 is 4.79 Å². The molecule has 3 aromatic carbocycles. The highest BCUT2D eigenvalue weighted by Crippen LogP contribution is 2.42. The van der Waals surface area contributed by atoms with Crippen molar-refractivity contribution in [3.63, 3.8) is 0 Å². The van der Waals surface area contributed by atoms with Crippen molar-refractivity contribution in [1.82, 2.24) is 13.6 Å². The molecule has 186 valence electrons. The molecule has 0 aliphatic carbocycles. The highest BCUT2D eigenvalue weighted by atomic mass is 35.5. The largest absolute Gasteiger partial charge is 0.353 e. The van der Waals surface area contributed by atoms with E-state index >= 15 is 0 Å². The first kappa shape index (κ1) is 23.1. The summed E-state index contributed by atoms with van der Waals surface area (Å²) in [4.78, 5) is 17.9. The molecule has 1 atom stereocenters. The van der Waals surface area contributed by atoms with Crippen LogP contribution in [0.5, 0.6) is 0 Å². The van der Waals surface area contributed by atoms with Crippen LogP contribution in [0.25, 0.3) is 20.2 Å². The molecule has 7 rings (SSSR count). The summed E-state index contributed by atoms with van der Waals surface area (Å²) in [5.74, 6) is 0.670. The van der Waals surface area contributed by atoms with Crippen LogP contribution in [0.2, 0.25) is 5.02 Å². The van der Waals surface area contributed by atoms with E-state index in [9.17, 15) is 4.79 Å². The Hall–Kier alpha value is -3.04. The normalized spacial score (nSPS) is 18.0. The topological polar surface area (TPSA) is 61.4 Å². The molecular formula is C28H24ClN5OS2. The number of carbonyl (C=O) groups excluding carboxylic acids is 1. The Bertz CT molecular complexity index is 1640. The zero-order valence-electron chi connectivity index (χ0n) is 20.0. The number of anilines is 2. The second kappa shape index (κ2) is 9.36. The fraction of sp³-hybridized carbons (Fsp3) is 0.250. The Balaban J connectivity index is 1.06. The average molecular weight is 546 g/mol. The molecule has 0 radical (unpaired) electrons. The summed E-state index contributed by atoms with van der Waals surface area (Å²) in [6.07, 6.45) is 0.838. The molecule has 4 heterocycles. The van der Waals surface area contributed by atoms with E-state index < -0.39 is 5.92 Å². The van der Waals surface area contributed by atoms with Gasteiger partial charge in [-0.1, -0.05) is 48.0 Å². The second-order valence-electron chi connectivity index (χ2n) is 9.60. The Morgan fingerprint density at radius 2 is 1.62 bits per heavy atom. The van der Waals surface area contributed by atoms with Gasteiger partial charge in [0.15, 0.2) is 0 Å². The average Bonchev–Trinajstić information content (AvgIpc) is 3.62. The molecule has 0 bridgehead atoms. The van der Waals surface area contributed by atoms with Crippen LogP contribution in [0.15, 0.2) is 60.7 Å². The van der Waals surface area contributed by atoms with Crippen LogP contribution in [-0.2, 0) is 11.2 Å². The van der Waals surface area contributed by atoms with Crippen molar-refractivity contribution in [3.05, 3.63) is 82.5 Å². The quantitative estimate of drug-likeness (QED) is 0.293. The third-order valence-corrected chi connectivity index (χ3v) is 9.47. The predicted octanol–water partition coefficient (Wildman–Crippen LogP) is 6.01. The number of benzene rings is 3. The van der Waals surface area contributed by atoms with E-state index in [1.807, 2.05) is 30.3 Å². The molecule has 5 aromatic rings. The van der Waals surface area contributed by atoms with Crippen molar-refractivity contribution >= 4 is 72.3 Å². The molecule has 0 spiro atoms. The number of nitrogens with one attached hydrogen (secondary N) is 1. The van der Waals surface area contributed by atoms with Crippen molar-refractivity contribution in [2.75, 3.05) is 42.9 Å². The van der Waals surface area contributed by atoms with Gasteiger partial charge < -0.3 is 10.2 Å². The molecule has 2 aromatic heterocycles. The minimum atomic E-state index is -0.404. The van der Waals surface area contributed by atoms with Crippen LogP contribution in [0.3, 0.4) is 0 Å². The highest BCUT2D eigenvalue weighted by molar-refractivity contribution is 7.14. The number of piperazine rings is 1. The lowest BCUT2D eigenvalue weighted by molar-refractivity contribution is -0.116. The Morgan fingerprint density at radius 1 is 0.919 bits per heavy atom. The lowest BCUT2D eigenvalue weighted by Gasteiger charge is -2.35. The van der Waals surface area contributed by atoms with E-state index in [0.717, 1.165) is 77.6 Å². The zero-order chi connectivity index (χ0) is 24.9. The summed E-state index contributed by atoms with van der Waals surface area (Å²) in [6.45, 7) is 4.83. The molecule has 1 N–H and O–H groups in total. The minimum absolute atomic E-state index is 0.0371. The third kappa shape index (κ3) is 4.08. The monoisotopic (exact) mass is 545 g/mol. The molecule has 37 heavy (non-hydrogen) atoms. The van der Waals surface area contributed by atoms with Crippen LogP contribution in [0.4, 0.5) is 11.5 Å². The second-order valence-corrected chi connectivity index (χ2v) is 11.6. The molecule has 1 saturated heterocycles. The number of hydrogen-bond acceptors (Lipinski definition) is 7. The number of amides is 1. The van der Waals surface area contributed by atoms with Gasteiger partial charge >= 0.3 is 0 Å². The van der Waals surface area contributed by atoms with Crippen LogP contribution >= 0.6 is 34.7 Å². The first-order chi connectivity index (χ1) is 18.2. The van der Waals surface area contributed by atoms with E-state index in [4.69, 9.17) is 16.0 Å². The van der Waals surface area contributed by atoms with Gasteiger partial charge in [0, 0.05) is 54.2 Å². The molecule has 1 amide bonds. The Morgan fingerprint density at radius 3 is 2.43 bits per heavy atom. The SMILES string of the molecule is O=C1Nc2cc(Cl)c(CCN3CCN(c4nsc5ccccc45)CC3)cc2[C@H]1c1nsc2ccccc12. The summed E-state index contributed by atoms with van der Waals surface area (Å²) in [7, 11) is 0. The van der Waals surface area contributed by atoms with Gasteiger partial charge in [-0.2, -0.15) is 8.75 Å². The van der Waals surface area contributed by atoms with Gasteiger partial charge in [-0.25, -0.2) is 0 Å². The van der Waals surface area contributed by atoms with Crippen molar-refractivity contribution in [2.24, 2.45) is 0 Å². The number of halogens is 1. The fourth-order valence-electron chi connectivity index (χ4n) is 5.47. The lowest BCUT2D eigenvalue weighted by atomic mass is 9.93. The van der Waals surface area contributed by atoms with Gasteiger partial charge in [0.1, 0.15) is 11.7 Å². The number of nitrogens with zero attached hydrogens (tertiary/aromatic N) is 4. The first-order valence-electron chi connectivity index (χ1n) is 12.4. The number of hydrogen-bond donors (Lipinski definition) is 1. The van der Waals surface area contributed by atoms with Crippen LogP contribution in [-0.4, -0.2) is 52.3 Å². The molecule has 6 nitrogen and oxygen atoms in total. The summed E-state index contributed by atoms with van der Waals surface area (Å²) in [6, 6.07) is 20.6. The summed E-state index contributed by atoms with van der Waals surface area (Å²) < 4.78 is 11.7. The van der Waals surface area contributed by atoms with Crippen molar-refractivity contribution in [2.45, 2.75) is 12.3 Å². The molecule has 1 fully saturated rings. The fourth-order valence-corrected chi connectivity index (χ4v) is 7.33. The summed E-state index contributed by atoms with van der Waals surface area (Å²) in [5.41, 5.74) is 3.68.